The number of rotatable bonds is 2. The number of hydrogen-bond acceptors (Lipinski definition) is 3. The number of nitrogens with two attached hydrogens (primary N) is 1. The summed E-state index contributed by atoms with van der Waals surface area (Å²) in [6.45, 7) is 3.97. The molecule has 16 heavy (non-hydrogen) atoms. The van der Waals surface area contributed by atoms with E-state index in [1.165, 1.54) is 4.90 Å². The normalized spacial score (nSPS) is 29.8. The summed E-state index contributed by atoms with van der Waals surface area (Å²) in [5.74, 6) is -0.365. The van der Waals surface area contributed by atoms with E-state index in [2.05, 4.69) is 0 Å². The second kappa shape index (κ2) is 3.70. The van der Waals surface area contributed by atoms with Crippen LogP contribution in [0.25, 0.3) is 0 Å². The first kappa shape index (κ1) is 11.3. The summed E-state index contributed by atoms with van der Waals surface area (Å²) in [5.41, 5.74) is 5.35. The summed E-state index contributed by atoms with van der Waals surface area (Å²) >= 11 is 0. The number of allylic oxidation sites excluding steroid dienone is 2. The molecule has 2 unspecified atom stereocenters. The molecule has 1 heterocycles. The Hall–Kier alpha value is -1.16. The molecule has 0 aromatic heterocycles. The van der Waals surface area contributed by atoms with Crippen LogP contribution in [-0.4, -0.2) is 28.8 Å². The van der Waals surface area contributed by atoms with E-state index in [1.54, 1.807) is 0 Å². The number of imide groups is 1. The molecule has 4 heteroatoms. The van der Waals surface area contributed by atoms with Gasteiger partial charge in [-0.3, -0.25) is 14.5 Å². The molecule has 2 aliphatic rings. The second-order valence-corrected chi connectivity index (χ2v) is 5.41. The van der Waals surface area contributed by atoms with Gasteiger partial charge < -0.3 is 5.73 Å². The predicted octanol–water partition coefficient (Wildman–Crippen LogP) is 0.675. The van der Waals surface area contributed by atoms with E-state index in [0.29, 0.717) is 19.4 Å². The lowest BCUT2D eigenvalue weighted by molar-refractivity contribution is -0.140. The molecule has 1 aliphatic carbocycles. The summed E-state index contributed by atoms with van der Waals surface area (Å²) in [6, 6.07) is 0. The van der Waals surface area contributed by atoms with Gasteiger partial charge in [0.1, 0.15) is 0 Å². The number of hydrogen-bond donors (Lipinski definition) is 1. The van der Waals surface area contributed by atoms with Crippen molar-refractivity contribution in [2.24, 2.45) is 17.6 Å². The van der Waals surface area contributed by atoms with Crippen LogP contribution in [0.4, 0.5) is 0 Å². The molecule has 0 aromatic rings. The molecular weight excluding hydrogens is 204 g/mol. The first-order valence-corrected chi connectivity index (χ1v) is 5.69. The van der Waals surface area contributed by atoms with Crippen LogP contribution in [0.2, 0.25) is 0 Å². The molecule has 1 saturated heterocycles. The van der Waals surface area contributed by atoms with Gasteiger partial charge in [-0.2, -0.15) is 0 Å². The maximum atomic E-state index is 12.0. The molecule has 0 bridgehead atoms. The quantitative estimate of drug-likeness (QED) is 0.552. The Bertz CT molecular complexity index is 329. The number of likely N-dealkylation sites (tertiary alicyclic amines) is 1. The van der Waals surface area contributed by atoms with Crippen LogP contribution in [-0.2, 0) is 9.59 Å². The number of carbonyl (C=O) groups is 2. The topological polar surface area (TPSA) is 63.4 Å². The molecule has 1 fully saturated rings. The van der Waals surface area contributed by atoms with Gasteiger partial charge in [0.15, 0.2) is 0 Å². The van der Waals surface area contributed by atoms with E-state index in [1.807, 2.05) is 26.0 Å². The van der Waals surface area contributed by atoms with E-state index in [0.717, 1.165) is 0 Å². The molecule has 0 aromatic carbocycles. The summed E-state index contributed by atoms with van der Waals surface area (Å²) in [6.07, 6.45) is 5.36. The molecule has 2 atom stereocenters. The Labute approximate surface area is 95.5 Å². The zero-order valence-electron chi connectivity index (χ0n) is 9.77. The summed E-state index contributed by atoms with van der Waals surface area (Å²) in [7, 11) is 0. The van der Waals surface area contributed by atoms with Crippen LogP contribution in [0, 0.1) is 11.8 Å². The van der Waals surface area contributed by atoms with Crippen molar-refractivity contribution in [2.45, 2.75) is 32.2 Å². The van der Waals surface area contributed by atoms with Gasteiger partial charge in [-0.05, 0) is 26.7 Å². The molecular formula is C12H18N2O2. The van der Waals surface area contributed by atoms with Crippen molar-refractivity contribution >= 4 is 11.8 Å². The Kier molecular flexibility index (Phi) is 2.62. The number of amides is 2. The zero-order chi connectivity index (χ0) is 11.9. The van der Waals surface area contributed by atoms with Gasteiger partial charge in [0.05, 0.1) is 11.8 Å². The lowest BCUT2D eigenvalue weighted by Gasteiger charge is -2.25. The maximum Gasteiger partial charge on any atom is 0.233 e. The highest BCUT2D eigenvalue weighted by Crippen LogP contribution is 2.35. The largest absolute Gasteiger partial charge is 0.324 e. The zero-order valence-corrected chi connectivity index (χ0v) is 9.77. The average Bonchev–Trinajstić information content (AvgIpc) is 2.43. The SMILES string of the molecule is CC(C)(N)CN1C(=O)C2CC=CCC2C1=O. The molecule has 0 radical (unpaired) electrons. The van der Waals surface area contributed by atoms with E-state index in [-0.39, 0.29) is 23.7 Å². The van der Waals surface area contributed by atoms with E-state index in [4.69, 9.17) is 5.73 Å². The lowest BCUT2D eigenvalue weighted by atomic mass is 9.85. The fraction of sp³-hybridized carbons (Fsp3) is 0.667. The number of carbonyl (C=O) groups excluding carboxylic acids is 2. The van der Waals surface area contributed by atoms with Gasteiger partial charge in [0.25, 0.3) is 0 Å². The van der Waals surface area contributed by atoms with Crippen molar-refractivity contribution in [2.75, 3.05) is 6.54 Å². The summed E-state index contributed by atoms with van der Waals surface area (Å²) in [5, 5.41) is 0. The smallest absolute Gasteiger partial charge is 0.233 e. The van der Waals surface area contributed by atoms with Crippen LogP contribution in [0.5, 0.6) is 0 Å². The average molecular weight is 222 g/mol. The standard InChI is InChI=1S/C12H18N2O2/c1-12(2,13)7-14-10(15)8-5-3-4-6-9(8)11(14)16/h3-4,8-9H,5-7,13H2,1-2H3. The van der Waals surface area contributed by atoms with E-state index in [9.17, 15) is 9.59 Å². The van der Waals surface area contributed by atoms with Crippen LogP contribution in [0.1, 0.15) is 26.7 Å². The maximum absolute atomic E-state index is 12.0. The van der Waals surface area contributed by atoms with Gasteiger partial charge >= 0.3 is 0 Å². The van der Waals surface area contributed by atoms with Crippen LogP contribution in [0.15, 0.2) is 12.2 Å². The summed E-state index contributed by atoms with van der Waals surface area (Å²) in [4.78, 5) is 25.4. The minimum atomic E-state index is -0.522. The highest BCUT2D eigenvalue weighted by Gasteiger charge is 2.47. The predicted molar refractivity (Wildman–Crippen MR) is 60.3 cm³/mol. The van der Waals surface area contributed by atoms with Crippen molar-refractivity contribution in [3.63, 3.8) is 0 Å². The first-order chi connectivity index (χ1) is 7.40. The van der Waals surface area contributed by atoms with Gasteiger partial charge in [0.2, 0.25) is 11.8 Å². The monoisotopic (exact) mass is 222 g/mol. The van der Waals surface area contributed by atoms with E-state index >= 15 is 0 Å². The molecule has 4 nitrogen and oxygen atoms in total. The van der Waals surface area contributed by atoms with Crippen molar-refractivity contribution in [3.05, 3.63) is 12.2 Å². The van der Waals surface area contributed by atoms with Crippen LogP contribution < -0.4 is 5.73 Å². The Morgan fingerprint density at radius 1 is 1.25 bits per heavy atom. The molecule has 0 saturated carbocycles. The molecule has 0 spiro atoms. The van der Waals surface area contributed by atoms with Gasteiger partial charge in [-0.25, -0.2) is 0 Å². The third kappa shape index (κ3) is 1.89. The molecule has 2 amide bonds. The molecule has 1 aliphatic heterocycles. The second-order valence-electron chi connectivity index (χ2n) is 5.41. The Morgan fingerprint density at radius 3 is 2.06 bits per heavy atom. The van der Waals surface area contributed by atoms with Crippen molar-refractivity contribution < 1.29 is 9.59 Å². The first-order valence-electron chi connectivity index (χ1n) is 5.69. The van der Waals surface area contributed by atoms with Gasteiger partial charge in [-0.1, -0.05) is 12.2 Å². The third-order valence-corrected chi connectivity index (χ3v) is 3.16. The fourth-order valence-corrected chi connectivity index (χ4v) is 2.43. The highest BCUT2D eigenvalue weighted by atomic mass is 16.2. The fourth-order valence-electron chi connectivity index (χ4n) is 2.43. The molecule has 2 N–H and O–H groups in total. The third-order valence-electron chi connectivity index (χ3n) is 3.16. The minimum Gasteiger partial charge on any atom is -0.324 e. The van der Waals surface area contributed by atoms with E-state index < -0.39 is 5.54 Å². The van der Waals surface area contributed by atoms with Crippen molar-refractivity contribution in [1.29, 1.82) is 0 Å². The lowest BCUT2D eigenvalue weighted by Crippen LogP contribution is -2.47. The van der Waals surface area contributed by atoms with Crippen molar-refractivity contribution in [1.82, 2.24) is 4.90 Å². The number of nitrogens with zero attached hydrogens (tertiary/aromatic N) is 1. The Balaban J connectivity index is 2.18. The molecule has 2 rings (SSSR count). The highest BCUT2D eigenvalue weighted by molar-refractivity contribution is 6.05. The van der Waals surface area contributed by atoms with Gasteiger partial charge in [0, 0.05) is 12.1 Å². The van der Waals surface area contributed by atoms with Gasteiger partial charge in [-0.15, -0.1) is 0 Å². The summed E-state index contributed by atoms with van der Waals surface area (Å²) < 4.78 is 0. The van der Waals surface area contributed by atoms with Crippen molar-refractivity contribution in [3.8, 4) is 0 Å². The van der Waals surface area contributed by atoms with Crippen LogP contribution in [0.3, 0.4) is 0 Å². The minimum absolute atomic E-state index is 0.0436. The number of fused-ring (bicyclic) bond motifs is 1. The van der Waals surface area contributed by atoms with Crippen LogP contribution >= 0.6 is 0 Å². The Morgan fingerprint density at radius 2 is 1.69 bits per heavy atom. The molecule has 88 valence electrons.